The number of hydrogen-bond acceptors (Lipinski definition) is 3. The van der Waals surface area contributed by atoms with Crippen LogP contribution in [0.2, 0.25) is 0 Å². The van der Waals surface area contributed by atoms with Crippen LogP contribution in [0, 0.1) is 0 Å². The molecule has 3 rings (SSSR count). The van der Waals surface area contributed by atoms with E-state index in [1.807, 2.05) is 30.3 Å². The van der Waals surface area contributed by atoms with Crippen molar-refractivity contribution in [2.45, 2.75) is 20.4 Å². The zero-order chi connectivity index (χ0) is 18.0. The molecule has 0 atom stereocenters. The quantitative estimate of drug-likeness (QED) is 0.443. The fourth-order valence-corrected chi connectivity index (χ4v) is 3.11. The first-order valence-electron chi connectivity index (χ1n) is 8.17. The lowest BCUT2D eigenvalue weighted by molar-refractivity contribution is -0.107. The van der Waals surface area contributed by atoms with E-state index in [0.717, 1.165) is 28.4 Å². The number of benzene rings is 2. The Morgan fingerprint density at radius 3 is 2.56 bits per heavy atom. The number of nitrogens with one attached hydrogen (secondary N) is 1. The first-order chi connectivity index (χ1) is 12.1. The van der Waals surface area contributed by atoms with Crippen LogP contribution in [-0.2, 0) is 16.1 Å². The maximum absolute atomic E-state index is 11.4. The molecular weight excluding hydrogens is 316 g/mol. The number of hydrogen-bond donors (Lipinski definition) is 1. The lowest BCUT2D eigenvalue weighted by atomic mass is 10.0. The first-order valence-corrected chi connectivity index (χ1v) is 8.17. The fraction of sp³-hybridized carbons (Fsp3) is 0.200. The third kappa shape index (κ3) is 2.89. The van der Waals surface area contributed by atoms with Crippen molar-refractivity contribution in [2.75, 3.05) is 7.05 Å². The number of para-hydroxylation sites is 1. The molecule has 5 nitrogen and oxygen atoms in total. The number of rotatable bonds is 4. The predicted octanol–water partition coefficient (Wildman–Crippen LogP) is 4.10. The number of aromatic nitrogens is 1. The molecule has 0 fully saturated rings. The van der Waals surface area contributed by atoms with Crippen LogP contribution >= 0.6 is 0 Å². The highest BCUT2D eigenvalue weighted by atomic mass is 16.6. The average Bonchev–Trinajstić information content (AvgIpc) is 2.98. The molecule has 0 aliphatic heterocycles. The highest BCUT2D eigenvalue weighted by molar-refractivity contribution is 6.09. The molecule has 2 aromatic carbocycles. The van der Waals surface area contributed by atoms with Crippen LogP contribution in [0.3, 0.4) is 0 Å². The summed E-state index contributed by atoms with van der Waals surface area (Å²) in [5.74, 6) is 0.0120. The van der Waals surface area contributed by atoms with Gasteiger partial charge in [0.1, 0.15) is 0 Å². The van der Waals surface area contributed by atoms with Crippen molar-refractivity contribution in [3.8, 4) is 0 Å². The molecule has 0 saturated heterocycles. The van der Waals surface area contributed by atoms with Gasteiger partial charge in [0.05, 0.1) is 0 Å². The Hall–Kier alpha value is -3.08. The second-order valence-electron chi connectivity index (χ2n) is 5.74. The van der Waals surface area contributed by atoms with E-state index in [-0.39, 0.29) is 5.76 Å². The highest BCUT2D eigenvalue weighted by Gasteiger charge is 2.13. The van der Waals surface area contributed by atoms with Crippen LogP contribution in [0.4, 0.5) is 4.79 Å². The number of nitrogens with zero attached hydrogens (tertiary/aromatic N) is 1. The van der Waals surface area contributed by atoms with E-state index in [0.29, 0.717) is 11.9 Å². The summed E-state index contributed by atoms with van der Waals surface area (Å²) in [5, 5.41) is 4.61. The van der Waals surface area contributed by atoms with Gasteiger partial charge in [0.2, 0.25) is 0 Å². The zero-order valence-corrected chi connectivity index (χ0v) is 14.5. The topological polar surface area (TPSA) is 60.3 Å². The molecule has 3 aromatic rings. The Morgan fingerprint density at radius 2 is 1.88 bits per heavy atom. The van der Waals surface area contributed by atoms with Crippen molar-refractivity contribution in [3.63, 3.8) is 0 Å². The molecule has 5 heteroatoms. The van der Waals surface area contributed by atoms with Gasteiger partial charge in [-0.3, -0.25) is 4.79 Å². The Bertz CT molecular complexity index is 999. The number of fused-ring (bicyclic) bond motifs is 3. The van der Waals surface area contributed by atoms with E-state index in [4.69, 9.17) is 4.74 Å². The molecule has 0 spiro atoms. The summed E-state index contributed by atoms with van der Waals surface area (Å²) < 4.78 is 7.31. The number of carbonyl (C=O) groups excluding carboxylic acids is 2. The van der Waals surface area contributed by atoms with Gasteiger partial charge in [0, 0.05) is 41.0 Å². The van der Waals surface area contributed by atoms with Crippen LogP contribution < -0.4 is 5.32 Å². The van der Waals surface area contributed by atoms with Gasteiger partial charge in [0.25, 0.3) is 0 Å². The van der Waals surface area contributed by atoms with E-state index in [1.165, 1.54) is 12.6 Å². The minimum atomic E-state index is -0.662. The van der Waals surface area contributed by atoms with E-state index in [9.17, 15) is 9.59 Å². The molecule has 1 aromatic heterocycles. The minimum absolute atomic E-state index is 0.0120. The van der Waals surface area contributed by atoms with Gasteiger partial charge in [-0.15, -0.1) is 0 Å². The van der Waals surface area contributed by atoms with Gasteiger partial charge < -0.3 is 14.6 Å². The van der Waals surface area contributed by atoms with E-state index in [2.05, 4.69) is 28.9 Å². The molecule has 0 saturated carbocycles. The summed E-state index contributed by atoms with van der Waals surface area (Å²) in [5.41, 5.74) is 3.78. The molecule has 0 bridgehead atoms. The van der Waals surface area contributed by atoms with Crippen molar-refractivity contribution < 1.29 is 14.3 Å². The van der Waals surface area contributed by atoms with Gasteiger partial charge >= 0.3 is 6.09 Å². The maximum atomic E-state index is 11.4. The predicted molar refractivity (Wildman–Crippen MR) is 99.3 cm³/mol. The molecule has 0 radical (unpaired) electrons. The molecule has 0 unspecified atom stereocenters. The van der Waals surface area contributed by atoms with Crippen molar-refractivity contribution >= 4 is 39.8 Å². The van der Waals surface area contributed by atoms with E-state index in [1.54, 1.807) is 6.92 Å². The van der Waals surface area contributed by atoms with Crippen LogP contribution in [0.1, 0.15) is 19.4 Å². The van der Waals surface area contributed by atoms with Crippen molar-refractivity contribution in [1.29, 1.82) is 0 Å². The second kappa shape index (κ2) is 6.81. The number of alkyl carbamates (subject to hydrolysis) is 1. The molecule has 128 valence electrons. The molecule has 0 aliphatic rings. The summed E-state index contributed by atoms with van der Waals surface area (Å²) in [4.78, 5) is 22.7. The normalized spacial score (nSPS) is 12.1. The molecule has 1 amide bonds. The molecular formula is C20H20N2O3. The SMILES string of the molecule is CCn1c2ccccc2c2cc(/C(C)=C(\C=O)OC(=O)NC)ccc21. The van der Waals surface area contributed by atoms with Gasteiger partial charge in [-0.1, -0.05) is 24.3 Å². The third-order valence-electron chi connectivity index (χ3n) is 4.41. The third-order valence-corrected chi connectivity index (χ3v) is 4.41. The van der Waals surface area contributed by atoms with Gasteiger partial charge in [-0.05, 0) is 37.6 Å². The number of amides is 1. The van der Waals surface area contributed by atoms with Gasteiger partial charge in [-0.25, -0.2) is 4.79 Å². The number of carbonyl (C=O) groups is 2. The maximum Gasteiger partial charge on any atom is 0.412 e. The summed E-state index contributed by atoms with van der Waals surface area (Å²) in [6, 6.07) is 14.3. The minimum Gasteiger partial charge on any atom is -0.407 e. The van der Waals surface area contributed by atoms with Crippen LogP contribution in [0.5, 0.6) is 0 Å². The standard InChI is InChI=1S/C20H20N2O3/c1-4-22-17-8-6-5-7-15(17)16-11-14(9-10-18(16)22)13(2)19(12-23)25-20(24)21-3/h5-12H,4H2,1-3H3,(H,21,24)/b19-13+. The van der Waals surface area contributed by atoms with Crippen molar-refractivity contribution in [3.05, 3.63) is 53.8 Å². The largest absolute Gasteiger partial charge is 0.412 e. The monoisotopic (exact) mass is 336 g/mol. The summed E-state index contributed by atoms with van der Waals surface area (Å²) >= 11 is 0. The van der Waals surface area contributed by atoms with E-state index >= 15 is 0 Å². The molecule has 1 heterocycles. The highest BCUT2D eigenvalue weighted by Crippen LogP contribution is 2.31. The Labute approximate surface area is 145 Å². The first kappa shape index (κ1) is 16.8. The molecule has 0 aliphatic carbocycles. The lowest BCUT2D eigenvalue weighted by Crippen LogP contribution is -2.19. The Morgan fingerprint density at radius 1 is 1.16 bits per heavy atom. The van der Waals surface area contributed by atoms with Crippen LogP contribution in [-0.4, -0.2) is 24.0 Å². The number of aryl methyl sites for hydroxylation is 1. The smallest absolute Gasteiger partial charge is 0.407 e. The zero-order valence-electron chi connectivity index (χ0n) is 14.5. The second-order valence-corrected chi connectivity index (χ2v) is 5.74. The average molecular weight is 336 g/mol. The summed E-state index contributed by atoms with van der Waals surface area (Å²) in [6.45, 7) is 4.76. The van der Waals surface area contributed by atoms with Crippen LogP contribution in [0.25, 0.3) is 27.4 Å². The molecule has 1 N–H and O–H groups in total. The number of aldehydes is 1. The Balaban J connectivity index is 2.20. The van der Waals surface area contributed by atoms with Crippen molar-refractivity contribution in [1.82, 2.24) is 9.88 Å². The lowest BCUT2D eigenvalue weighted by Gasteiger charge is -2.08. The number of allylic oxidation sites excluding steroid dienone is 2. The number of ether oxygens (including phenoxy) is 1. The van der Waals surface area contributed by atoms with Gasteiger partial charge in [0.15, 0.2) is 12.0 Å². The molecule has 25 heavy (non-hydrogen) atoms. The van der Waals surface area contributed by atoms with Gasteiger partial charge in [-0.2, -0.15) is 0 Å². The fourth-order valence-electron chi connectivity index (χ4n) is 3.11. The van der Waals surface area contributed by atoms with E-state index < -0.39 is 6.09 Å². The van der Waals surface area contributed by atoms with Crippen LogP contribution in [0.15, 0.2) is 48.2 Å². The summed E-state index contributed by atoms with van der Waals surface area (Å²) in [7, 11) is 1.45. The van der Waals surface area contributed by atoms with Crippen molar-refractivity contribution in [2.24, 2.45) is 0 Å². The summed E-state index contributed by atoms with van der Waals surface area (Å²) in [6.07, 6.45) is -0.102. The Kier molecular flexibility index (Phi) is 4.57.